The number of aryl methyl sites for hydroxylation is 1. The highest BCUT2D eigenvalue weighted by atomic mass is 35.5. The van der Waals surface area contributed by atoms with Gasteiger partial charge < -0.3 is 10.1 Å². The normalized spacial score (nSPS) is 11.5. The minimum atomic E-state index is 0.0643. The lowest BCUT2D eigenvalue weighted by Crippen LogP contribution is -2.07. The van der Waals surface area contributed by atoms with Gasteiger partial charge in [0.15, 0.2) is 6.61 Å². The van der Waals surface area contributed by atoms with Gasteiger partial charge in [0, 0.05) is 16.8 Å². The number of rotatable bonds is 5. The zero-order chi connectivity index (χ0) is 15.2. The van der Waals surface area contributed by atoms with E-state index < -0.39 is 0 Å². The van der Waals surface area contributed by atoms with Crippen LogP contribution in [0, 0.1) is 18.3 Å². The third-order valence-electron chi connectivity index (χ3n) is 3.26. The molecular weight excluding hydrogens is 284 g/mol. The van der Waals surface area contributed by atoms with Gasteiger partial charge in [0.25, 0.3) is 0 Å². The van der Waals surface area contributed by atoms with Gasteiger partial charge in [-0.25, -0.2) is 0 Å². The van der Waals surface area contributed by atoms with E-state index in [9.17, 15) is 0 Å². The number of nitrogens with one attached hydrogen (secondary N) is 1. The fourth-order valence-electron chi connectivity index (χ4n) is 2.03. The number of benzene rings is 2. The van der Waals surface area contributed by atoms with Crippen molar-refractivity contribution in [3.63, 3.8) is 0 Å². The zero-order valence-electron chi connectivity index (χ0n) is 12.1. The monoisotopic (exact) mass is 300 g/mol. The van der Waals surface area contributed by atoms with E-state index in [-0.39, 0.29) is 12.6 Å². The smallest absolute Gasteiger partial charge is 0.174 e. The van der Waals surface area contributed by atoms with Crippen molar-refractivity contribution in [2.45, 2.75) is 19.9 Å². The second-order valence-electron chi connectivity index (χ2n) is 4.84. The molecule has 0 bridgehead atoms. The lowest BCUT2D eigenvalue weighted by Gasteiger charge is -2.18. The van der Waals surface area contributed by atoms with E-state index in [4.69, 9.17) is 21.6 Å². The molecule has 0 aliphatic carbocycles. The van der Waals surface area contributed by atoms with Crippen molar-refractivity contribution in [2.75, 3.05) is 11.9 Å². The Morgan fingerprint density at radius 3 is 2.62 bits per heavy atom. The minimum Gasteiger partial charge on any atom is -0.479 e. The number of halogens is 1. The van der Waals surface area contributed by atoms with Gasteiger partial charge in [0.05, 0.1) is 0 Å². The van der Waals surface area contributed by atoms with E-state index in [0.29, 0.717) is 5.75 Å². The van der Waals surface area contributed by atoms with Crippen molar-refractivity contribution >= 4 is 17.3 Å². The summed E-state index contributed by atoms with van der Waals surface area (Å²) in [7, 11) is 0. The quantitative estimate of drug-likeness (QED) is 0.868. The summed E-state index contributed by atoms with van der Waals surface area (Å²) in [6.07, 6.45) is 0. The molecule has 21 heavy (non-hydrogen) atoms. The summed E-state index contributed by atoms with van der Waals surface area (Å²) in [6, 6.07) is 15.6. The number of ether oxygens (including phenoxy) is 1. The minimum absolute atomic E-state index is 0.0643. The van der Waals surface area contributed by atoms with Crippen LogP contribution < -0.4 is 10.1 Å². The highest BCUT2D eigenvalue weighted by molar-refractivity contribution is 6.30. The molecule has 108 valence electrons. The number of nitriles is 1. The Labute approximate surface area is 130 Å². The molecule has 1 unspecified atom stereocenters. The Bertz CT molecular complexity index is 647. The third kappa shape index (κ3) is 4.14. The fraction of sp³-hybridized carbons (Fsp3) is 0.235. The first-order chi connectivity index (χ1) is 10.1. The summed E-state index contributed by atoms with van der Waals surface area (Å²) in [5.74, 6) is 0.700. The molecule has 0 amide bonds. The van der Waals surface area contributed by atoms with Gasteiger partial charge in [-0.2, -0.15) is 5.26 Å². The number of hydrogen-bond acceptors (Lipinski definition) is 3. The number of hydrogen-bond donors (Lipinski definition) is 1. The molecule has 2 aromatic rings. The van der Waals surface area contributed by atoms with Gasteiger partial charge >= 0.3 is 0 Å². The molecule has 0 heterocycles. The van der Waals surface area contributed by atoms with Crippen molar-refractivity contribution in [2.24, 2.45) is 0 Å². The summed E-state index contributed by atoms with van der Waals surface area (Å²) < 4.78 is 5.24. The lowest BCUT2D eigenvalue weighted by atomic mass is 10.1. The van der Waals surface area contributed by atoms with Crippen molar-refractivity contribution in [1.82, 2.24) is 0 Å². The first-order valence-corrected chi connectivity index (χ1v) is 7.10. The maximum absolute atomic E-state index is 8.49. The van der Waals surface area contributed by atoms with E-state index in [2.05, 4.69) is 12.2 Å². The molecule has 0 fully saturated rings. The van der Waals surface area contributed by atoms with E-state index >= 15 is 0 Å². The predicted molar refractivity (Wildman–Crippen MR) is 85.8 cm³/mol. The van der Waals surface area contributed by atoms with Crippen LogP contribution in [0.5, 0.6) is 5.75 Å². The average Bonchev–Trinajstić information content (AvgIpc) is 2.49. The van der Waals surface area contributed by atoms with Gasteiger partial charge in [-0.3, -0.25) is 0 Å². The standard InChI is InChI=1S/C17H17ClN2O/c1-12-3-6-15(18)11-17(12)20-13(2)14-4-7-16(8-5-14)21-10-9-19/h3-8,11,13,20H,10H2,1-2H3. The molecular formula is C17H17ClN2O. The third-order valence-corrected chi connectivity index (χ3v) is 3.49. The van der Waals surface area contributed by atoms with Gasteiger partial charge in [-0.1, -0.05) is 29.8 Å². The van der Waals surface area contributed by atoms with Crippen LogP contribution in [0.25, 0.3) is 0 Å². The van der Waals surface area contributed by atoms with E-state index in [1.165, 1.54) is 0 Å². The molecule has 1 atom stereocenters. The van der Waals surface area contributed by atoms with Crippen LogP contribution in [0.1, 0.15) is 24.1 Å². The summed E-state index contributed by atoms with van der Waals surface area (Å²) >= 11 is 6.03. The molecule has 2 aromatic carbocycles. The second kappa shape index (κ2) is 7.01. The van der Waals surface area contributed by atoms with E-state index in [0.717, 1.165) is 21.8 Å². The van der Waals surface area contributed by atoms with Crippen LogP contribution in [0.2, 0.25) is 5.02 Å². The molecule has 0 radical (unpaired) electrons. The Kier molecular flexibility index (Phi) is 5.08. The fourth-order valence-corrected chi connectivity index (χ4v) is 2.21. The second-order valence-corrected chi connectivity index (χ2v) is 5.28. The number of anilines is 1. The van der Waals surface area contributed by atoms with Gasteiger partial charge in [0.2, 0.25) is 0 Å². The molecule has 0 aliphatic heterocycles. The van der Waals surface area contributed by atoms with Gasteiger partial charge in [-0.05, 0) is 49.2 Å². The first kappa shape index (κ1) is 15.2. The Hall–Kier alpha value is -2.18. The van der Waals surface area contributed by atoms with Crippen molar-refractivity contribution in [1.29, 1.82) is 5.26 Å². The zero-order valence-corrected chi connectivity index (χ0v) is 12.8. The summed E-state index contributed by atoms with van der Waals surface area (Å²) in [6.45, 7) is 4.20. The van der Waals surface area contributed by atoms with E-state index in [1.807, 2.05) is 55.5 Å². The van der Waals surface area contributed by atoms with Crippen molar-refractivity contribution in [3.05, 3.63) is 58.6 Å². The van der Waals surface area contributed by atoms with Crippen LogP contribution in [0.4, 0.5) is 5.69 Å². The van der Waals surface area contributed by atoms with Crippen molar-refractivity contribution in [3.8, 4) is 11.8 Å². The molecule has 1 N–H and O–H groups in total. The first-order valence-electron chi connectivity index (χ1n) is 6.72. The Morgan fingerprint density at radius 2 is 1.95 bits per heavy atom. The topological polar surface area (TPSA) is 45.0 Å². The molecule has 2 rings (SSSR count). The maximum atomic E-state index is 8.49. The van der Waals surface area contributed by atoms with Crippen LogP contribution >= 0.6 is 11.6 Å². The van der Waals surface area contributed by atoms with Crippen LogP contribution in [-0.4, -0.2) is 6.61 Å². The van der Waals surface area contributed by atoms with Crippen LogP contribution in [0.15, 0.2) is 42.5 Å². The van der Waals surface area contributed by atoms with Crippen LogP contribution in [0.3, 0.4) is 0 Å². The predicted octanol–water partition coefficient (Wildman–Crippen LogP) is 4.72. The highest BCUT2D eigenvalue weighted by Crippen LogP contribution is 2.26. The van der Waals surface area contributed by atoms with Gasteiger partial charge in [0.1, 0.15) is 11.8 Å². The molecule has 3 nitrogen and oxygen atoms in total. The summed E-state index contributed by atoms with van der Waals surface area (Å²) in [5, 5.41) is 12.7. The largest absolute Gasteiger partial charge is 0.479 e. The lowest BCUT2D eigenvalue weighted by molar-refractivity contribution is 0.368. The molecule has 0 spiro atoms. The average molecular weight is 301 g/mol. The molecule has 0 saturated heterocycles. The molecule has 0 aromatic heterocycles. The molecule has 4 heteroatoms. The summed E-state index contributed by atoms with van der Waals surface area (Å²) in [4.78, 5) is 0. The Morgan fingerprint density at radius 1 is 1.24 bits per heavy atom. The number of nitrogens with zero attached hydrogens (tertiary/aromatic N) is 1. The molecule has 0 saturated carbocycles. The SMILES string of the molecule is Cc1ccc(Cl)cc1NC(C)c1ccc(OCC#N)cc1. The Balaban J connectivity index is 2.08. The van der Waals surface area contributed by atoms with Crippen molar-refractivity contribution < 1.29 is 4.74 Å². The summed E-state index contributed by atoms with van der Waals surface area (Å²) in [5.41, 5.74) is 3.32. The van der Waals surface area contributed by atoms with Crippen LogP contribution in [-0.2, 0) is 0 Å². The van der Waals surface area contributed by atoms with E-state index in [1.54, 1.807) is 0 Å². The highest BCUT2D eigenvalue weighted by Gasteiger charge is 2.07. The molecule has 0 aliphatic rings. The maximum Gasteiger partial charge on any atom is 0.174 e. The van der Waals surface area contributed by atoms with Gasteiger partial charge in [-0.15, -0.1) is 0 Å².